The van der Waals surface area contributed by atoms with Crippen molar-refractivity contribution in [3.05, 3.63) is 23.8 Å². The number of benzene rings is 1. The maximum atomic E-state index is 5.29. The summed E-state index contributed by atoms with van der Waals surface area (Å²) in [5, 5.41) is 3.55. The van der Waals surface area contributed by atoms with E-state index in [9.17, 15) is 0 Å². The Morgan fingerprint density at radius 1 is 1.44 bits per heavy atom. The van der Waals surface area contributed by atoms with Crippen LogP contribution in [0.2, 0.25) is 0 Å². The molecule has 1 aromatic carbocycles. The summed E-state index contributed by atoms with van der Waals surface area (Å²) in [7, 11) is 3.88. The van der Waals surface area contributed by atoms with Gasteiger partial charge in [-0.15, -0.1) is 0 Å². The van der Waals surface area contributed by atoms with Crippen molar-refractivity contribution in [3.63, 3.8) is 0 Å². The molecule has 0 aliphatic carbocycles. The first kappa shape index (κ1) is 13.2. The smallest absolute Gasteiger partial charge is 0.121 e. The second kappa shape index (κ2) is 6.10. The summed E-state index contributed by atoms with van der Waals surface area (Å²) in [6.07, 6.45) is 3.88. The van der Waals surface area contributed by atoms with E-state index in [1.807, 2.05) is 0 Å². The number of methoxy groups -OCH3 is 1. The molecule has 0 spiro atoms. The Labute approximate surface area is 110 Å². The lowest BCUT2D eigenvalue weighted by molar-refractivity contribution is 0.411. The highest BCUT2D eigenvalue weighted by atomic mass is 16.5. The van der Waals surface area contributed by atoms with E-state index in [1.54, 1.807) is 7.11 Å². The predicted molar refractivity (Wildman–Crippen MR) is 76.6 cm³/mol. The van der Waals surface area contributed by atoms with Crippen LogP contribution in [0.1, 0.15) is 24.8 Å². The van der Waals surface area contributed by atoms with E-state index in [2.05, 4.69) is 42.4 Å². The molecule has 2 rings (SSSR count). The Kier molecular flexibility index (Phi) is 4.48. The van der Waals surface area contributed by atoms with Gasteiger partial charge in [0.2, 0.25) is 0 Å². The first-order valence-electron chi connectivity index (χ1n) is 6.80. The lowest BCUT2D eigenvalue weighted by atomic mass is 10.1. The summed E-state index contributed by atoms with van der Waals surface area (Å²) >= 11 is 0. The molecule has 0 amide bonds. The SMILES string of the molecule is COc1ccc(N(C)CCC2CCCN2)cc1C. The number of nitrogens with one attached hydrogen (secondary N) is 1. The van der Waals surface area contributed by atoms with Crippen molar-refractivity contribution < 1.29 is 4.74 Å². The molecule has 3 heteroatoms. The molecule has 0 saturated carbocycles. The van der Waals surface area contributed by atoms with Crippen LogP contribution < -0.4 is 15.0 Å². The van der Waals surface area contributed by atoms with Gasteiger partial charge >= 0.3 is 0 Å². The van der Waals surface area contributed by atoms with E-state index in [4.69, 9.17) is 4.74 Å². The van der Waals surface area contributed by atoms with Gasteiger partial charge in [-0.1, -0.05) is 0 Å². The molecule has 18 heavy (non-hydrogen) atoms. The fraction of sp³-hybridized carbons (Fsp3) is 0.600. The maximum Gasteiger partial charge on any atom is 0.121 e. The van der Waals surface area contributed by atoms with Gasteiger partial charge in [0, 0.05) is 25.3 Å². The van der Waals surface area contributed by atoms with Gasteiger partial charge in [-0.05, 0) is 56.5 Å². The third kappa shape index (κ3) is 3.16. The molecule has 1 saturated heterocycles. The summed E-state index contributed by atoms with van der Waals surface area (Å²) in [4.78, 5) is 2.33. The molecule has 1 unspecified atom stereocenters. The van der Waals surface area contributed by atoms with Crippen molar-refractivity contribution in [1.29, 1.82) is 0 Å². The van der Waals surface area contributed by atoms with Gasteiger partial charge < -0.3 is 15.0 Å². The van der Waals surface area contributed by atoms with Gasteiger partial charge in [-0.3, -0.25) is 0 Å². The zero-order valence-corrected chi connectivity index (χ0v) is 11.7. The summed E-state index contributed by atoms with van der Waals surface area (Å²) in [5.74, 6) is 0.963. The van der Waals surface area contributed by atoms with Crippen molar-refractivity contribution in [2.45, 2.75) is 32.2 Å². The van der Waals surface area contributed by atoms with Crippen molar-refractivity contribution in [3.8, 4) is 5.75 Å². The Bertz CT molecular complexity index is 386. The fourth-order valence-electron chi connectivity index (χ4n) is 2.58. The normalized spacial score (nSPS) is 18.9. The quantitative estimate of drug-likeness (QED) is 0.867. The second-order valence-electron chi connectivity index (χ2n) is 5.16. The van der Waals surface area contributed by atoms with E-state index < -0.39 is 0 Å². The number of nitrogens with zero attached hydrogens (tertiary/aromatic N) is 1. The molecule has 1 atom stereocenters. The minimum absolute atomic E-state index is 0.715. The van der Waals surface area contributed by atoms with Crippen molar-refractivity contribution in [1.82, 2.24) is 5.32 Å². The molecule has 1 fully saturated rings. The van der Waals surface area contributed by atoms with Crippen molar-refractivity contribution in [2.24, 2.45) is 0 Å². The Morgan fingerprint density at radius 2 is 2.28 bits per heavy atom. The minimum Gasteiger partial charge on any atom is -0.496 e. The van der Waals surface area contributed by atoms with E-state index in [0.717, 1.165) is 12.3 Å². The second-order valence-corrected chi connectivity index (χ2v) is 5.16. The molecule has 3 nitrogen and oxygen atoms in total. The highest BCUT2D eigenvalue weighted by molar-refractivity contribution is 5.52. The topological polar surface area (TPSA) is 24.5 Å². The average Bonchev–Trinajstić information content (AvgIpc) is 2.89. The van der Waals surface area contributed by atoms with E-state index in [0.29, 0.717) is 6.04 Å². The average molecular weight is 248 g/mol. The van der Waals surface area contributed by atoms with Crippen LogP contribution in [0.15, 0.2) is 18.2 Å². The fourth-order valence-corrected chi connectivity index (χ4v) is 2.58. The molecular formula is C15H24N2O. The highest BCUT2D eigenvalue weighted by Gasteiger charge is 2.14. The van der Waals surface area contributed by atoms with Crippen LogP contribution in [0, 0.1) is 6.92 Å². The molecule has 1 N–H and O–H groups in total. The van der Waals surface area contributed by atoms with Crippen LogP contribution in [0.4, 0.5) is 5.69 Å². The molecule has 1 aliphatic rings. The largest absolute Gasteiger partial charge is 0.496 e. The third-order valence-corrected chi connectivity index (χ3v) is 3.79. The lowest BCUT2D eigenvalue weighted by Gasteiger charge is -2.22. The summed E-state index contributed by atoms with van der Waals surface area (Å²) < 4.78 is 5.29. The van der Waals surface area contributed by atoms with Crippen LogP contribution >= 0.6 is 0 Å². The van der Waals surface area contributed by atoms with Crippen LogP contribution in [0.25, 0.3) is 0 Å². The number of aryl methyl sites for hydroxylation is 1. The highest BCUT2D eigenvalue weighted by Crippen LogP contribution is 2.23. The van der Waals surface area contributed by atoms with Gasteiger partial charge in [0.15, 0.2) is 0 Å². The molecule has 0 radical (unpaired) electrons. The number of rotatable bonds is 5. The molecule has 100 valence electrons. The molecule has 0 bridgehead atoms. The Balaban J connectivity index is 1.91. The maximum absolute atomic E-state index is 5.29. The van der Waals surface area contributed by atoms with Crippen LogP contribution in [-0.4, -0.2) is 33.3 Å². The van der Waals surface area contributed by atoms with Crippen LogP contribution in [0.3, 0.4) is 0 Å². The molecular weight excluding hydrogens is 224 g/mol. The number of hydrogen-bond acceptors (Lipinski definition) is 3. The standard InChI is InChI=1S/C15H24N2O/c1-12-11-14(6-7-15(12)18-3)17(2)10-8-13-5-4-9-16-13/h6-7,11,13,16H,4-5,8-10H2,1-3H3. The third-order valence-electron chi connectivity index (χ3n) is 3.79. The number of ether oxygens (including phenoxy) is 1. The van der Waals surface area contributed by atoms with Gasteiger partial charge in [0.25, 0.3) is 0 Å². The zero-order valence-electron chi connectivity index (χ0n) is 11.7. The Hall–Kier alpha value is -1.22. The van der Waals surface area contributed by atoms with Gasteiger partial charge in [0.05, 0.1) is 7.11 Å². The molecule has 1 aromatic rings. The summed E-state index contributed by atoms with van der Waals surface area (Å²) in [5.41, 5.74) is 2.46. The van der Waals surface area contributed by atoms with E-state index >= 15 is 0 Å². The van der Waals surface area contributed by atoms with E-state index in [1.165, 1.54) is 37.1 Å². The van der Waals surface area contributed by atoms with Gasteiger partial charge in [-0.25, -0.2) is 0 Å². The summed E-state index contributed by atoms with van der Waals surface area (Å²) in [6.45, 7) is 4.38. The number of hydrogen-bond donors (Lipinski definition) is 1. The minimum atomic E-state index is 0.715. The lowest BCUT2D eigenvalue weighted by Crippen LogP contribution is -2.28. The Morgan fingerprint density at radius 3 is 2.89 bits per heavy atom. The molecule has 1 heterocycles. The van der Waals surface area contributed by atoms with Crippen molar-refractivity contribution >= 4 is 5.69 Å². The summed E-state index contributed by atoms with van der Waals surface area (Å²) in [6, 6.07) is 7.09. The monoisotopic (exact) mass is 248 g/mol. The first-order chi connectivity index (χ1) is 8.70. The predicted octanol–water partition coefficient (Wildman–Crippen LogP) is 2.58. The van der Waals surface area contributed by atoms with Crippen molar-refractivity contribution in [2.75, 3.05) is 32.1 Å². The number of anilines is 1. The van der Waals surface area contributed by atoms with Crippen LogP contribution in [0.5, 0.6) is 5.75 Å². The zero-order chi connectivity index (χ0) is 13.0. The van der Waals surface area contributed by atoms with Gasteiger partial charge in [0.1, 0.15) is 5.75 Å². The first-order valence-corrected chi connectivity index (χ1v) is 6.80. The van der Waals surface area contributed by atoms with Crippen LogP contribution in [-0.2, 0) is 0 Å². The molecule has 0 aromatic heterocycles. The van der Waals surface area contributed by atoms with Gasteiger partial charge in [-0.2, -0.15) is 0 Å². The molecule has 1 aliphatic heterocycles. The van der Waals surface area contributed by atoms with E-state index in [-0.39, 0.29) is 0 Å².